The Balaban J connectivity index is 0. The van der Waals surface area contributed by atoms with E-state index in [-0.39, 0.29) is 24.5 Å². The Hall–Kier alpha value is -1.56. The second-order valence-electron chi connectivity index (χ2n) is 17.0. The van der Waals surface area contributed by atoms with Gasteiger partial charge in [0.1, 0.15) is 0 Å². The summed E-state index contributed by atoms with van der Waals surface area (Å²) in [5.41, 5.74) is 5.91. The SMILES string of the molecule is C=C.CCCCCCCCOC(CCC(=O)OCCCCN(CCN)CCCCOC(=O)CCC(OCCCCCCCC)OCCCCCCCC)OCCCCCCCC. The molecule has 0 rings (SSSR count). The van der Waals surface area contributed by atoms with Crippen LogP contribution in [-0.2, 0) is 38.0 Å². The van der Waals surface area contributed by atoms with Crippen molar-refractivity contribution >= 4 is 11.9 Å². The molecule has 62 heavy (non-hydrogen) atoms. The topological polar surface area (TPSA) is 119 Å². The van der Waals surface area contributed by atoms with Crippen molar-refractivity contribution in [3.8, 4) is 0 Å². The number of hydrogen-bond acceptors (Lipinski definition) is 10. The first kappa shape index (κ1) is 62.5. The van der Waals surface area contributed by atoms with Gasteiger partial charge in [-0.25, -0.2) is 0 Å². The zero-order valence-corrected chi connectivity index (χ0v) is 41.6. The van der Waals surface area contributed by atoms with Gasteiger partial charge in [0.2, 0.25) is 0 Å². The van der Waals surface area contributed by atoms with Crippen molar-refractivity contribution in [1.82, 2.24) is 4.90 Å². The highest BCUT2D eigenvalue weighted by atomic mass is 16.7. The second-order valence-corrected chi connectivity index (χ2v) is 17.0. The minimum atomic E-state index is -0.345. The van der Waals surface area contributed by atoms with E-state index in [0.29, 0.717) is 71.9 Å². The first-order valence-corrected chi connectivity index (χ1v) is 26.2. The minimum Gasteiger partial charge on any atom is -0.466 e. The summed E-state index contributed by atoms with van der Waals surface area (Å²) in [6, 6.07) is 0. The highest BCUT2D eigenvalue weighted by Crippen LogP contribution is 2.14. The molecule has 0 heterocycles. The van der Waals surface area contributed by atoms with Gasteiger partial charge in [-0.2, -0.15) is 0 Å². The van der Waals surface area contributed by atoms with Crippen molar-refractivity contribution in [2.75, 3.05) is 65.8 Å². The molecule has 0 fully saturated rings. The average Bonchev–Trinajstić information content (AvgIpc) is 3.28. The lowest BCUT2D eigenvalue weighted by Gasteiger charge is -2.21. The molecule has 10 heteroatoms. The molecule has 2 N–H and O–H groups in total. The van der Waals surface area contributed by atoms with E-state index in [4.69, 9.17) is 34.2 Å². The normalized spacial score (nSPS) is 11.4. The van der Waals surface area contributed by atoms with E-state index in [2.05, 4.69) is 45.8 Å². The van der Waals surface area contributed by atoms with Crippen molar-refractivity contribution in [1.29, 1.82) is 0 Å². The average molecular weight is 885 g/mol. The van der Waals surface area contributed by atoms with E-state index in [9.17, 15) is 9.59 Å². The molecule has 0 unspecified atom stereocenters. The van der Waals surface area contributed by atoms with E-state index >= 15 is 0 Å². The van der Waals surface area contributed by atoms with Crippen LogP contribution in [-0.4, -0.2) is 95.2 Å². The standard InChI is InChI=1S/C50H100N2O8.C2H4/c1-5-9-13-17-21-27-43-57-49(58-44-28-22-18-14-10-6-2)35-33-47(53)55-41-31-25-38-52(40-37-51)39-26-32-42-56-48(54)34-36-50(59-45-29-23-19-15-11-7-3)60-46-30-24-20-16-12-8-4;1-2/h49-50H,5-46,51H2,1-4H3;1-2H2. The number of esters is 2. The van der Waals surface area contributed by atoms with E-state index in [0.717, 1.165) is 71.0 Å². The quantitative estimate of drug-likeness (QED) is 0.0274. The van der Waals surface area contributed by atoms with Crippen LogP contribution in [0.2, 0.25) is 0 Å². The van der Waals surface area contributed by atoms with Gasteiger partial charge in [0, 0.05) is 52.4 Å². The van der Waals surface area contributed by atoms with Crippen molar-refractivity contribution < 1.29 is 38.0 Å². The first-order chi connectivity index (χ1) is 30.5. The number of unbranched alkanes of at least 4 members (excludes halogenated alkanes) is 22. The summed E-state index contributed by atoms with van der Waals surface area (Å²) in [6.07, 6.45) is 33.7. The van der Waals surface area contributed by atoms with Crippen LogP contribution in [0, 0.1) is 0 Å². The maximum Gasteiger partial charge on any atom is 0.305 e. The molecule has 10 nitrogen and oxygen atoms in total. The summed E-state index contributed by atoms with van der Waals surface area (Å²) in [6.45, 7) is 21.7. The van der Waals surface area contributed by atoms with Crippen LogP contribution in [0.15, 0.2) is 13.2 Å². The molecule has 0 aliphatic heterocycles. The van der Waals surface area contributed by atoms with Crippen molar-refractivity contribution in [3.63, 3.8) is 0 Å². The molecule has 0 saturated carbocycles. The third kappa shape index (κ3) is 47.9. The Bertz CT molecular complexity index is 795. The van der Waals surface area contributed by atoms with E-state index in [1.165, 1.54) is 128 Å². The Morgan fingerprint density at radius 1 is 0.403 bits per heavy atom. The maximum absolute atomic E-state index is 12.6. The molecular weight excluding hydrogens is 781 g/mol. The van der Waals surface area contributed by atoms with Gasteiger partial charge in [-0.1, -0.05) is 156 Å². The van der Waals surface area contributed by atoms with Gasteiger partial charge >= 0.3 is 11.9 Å². The van der Waals surface area contributed by atoms with Crippen LogP contribution in [0.1, 0.15) is 233 Å². The van der Waals surface area contributed by atoms with Crippen LogP contribution >= 0.6 is 0 Å². The molecule has 0 amide bonds. The van der Waals surface area contributed by atoms with E-state index < -0.39 is 0 Å². The van der Waals surface area contributed by atoms with Gasteiger partial charge in [0.05, 0.1) is 26.1 Å². The molecule has 0 aliphatic rings. The lowest BCUT2D eigenvalue weighted by molar-refractivity contribution is -0.159. The number of carbonyl (C=O) groups excluding carboxylic acids is 2. The van der Waals surface area contributed by atoms with Crippen molar-refractivity contribution in [2.24, 2.45) is 5.73 Å². The van der Waals surface area contributed by atoms with Crippen LogP contribution < -0.4 is 5.73 Å². The molecule has 0 aromatic carbocycles. The first-order valence-electron chi connectivity index (χ1n) is 26.2. The summed E-state index contributed by atoms with van der Waals surface area (Å²) in [4.78, 5) is 27.5. The third-order valence-electron chi connectivity index (χ3n) is 11.1. The van der Waals surface area contributed by atoms with Gasteiger partial charge in [0.15, 0.2) is 12.6 Å². The number of nitrogens with zero attached hydrogens (tertiary/aromatic N) is 1. The maximum atomic E-state index is 12.6. The fraction of sp³-hybridized carbons (Fsp3) is 0.923. The Morgan fingerprint density at radius 2 is 0.677 bits per heavy atom. The lowest BCUT2D eigenvalue weighted by atomic mass is 10.1. The van der Waals surface area contributed by atoms with Crippen LogP contribution in [0.4, 0.5) is 0 Å². The highest BCUT2D eigenvalue weighted by Gasteiger charge is 2.15. The number of hydrogen-bond donors (Lipinski definition) is 1. The fourth-order valence-electron chi connectivity index (χ4n) is 7.20. The monoisotopic (exact) mass is 885 g/mol. The van der Waals surface area contributed by atoms with Crippen LogP contribution in [0.25, 0.3) is 0 Å². The molecule has 0 aromatic rings. The van der Waals surface area contributed by atoms with Crippen molar-refractivity contribution in [2.45, 2.75) is 246 Å². The minimum absolute atomic E-state index is 0.184. The van der Waals surface area contributed by atoms with E-state index in [1.54, 1.807) is 0 Å². The Labute approximate surface area is 384 Å². The molecule has 370 valence electrons. The molecule has 0 bridgehead atoms. The summed E-state index contributed by atoms with van der Waals surface area (Å²) < 4.78 is 35.5. The summed E-state index contributed by atoms with van der Waals surface area (Å²) >= 11 is 0. The molecule has 0 aromatic heterocycles. The molecular formula is C52H104N2O8. The smallest absolute Gasteiger partial charge is 0.305 e. The highest BCUT2D eigenvalue weighted by molar-refractivity contribution is 5.69. The number of carbonyl (C=O) groups is 2. The summed E-state index contributed by atoms with van der Waals surface area (Å²) in [7, 11) is 0. The van der Waals surface area contributed by atoms with Gasteiger partial charge in [-0.3, -0.25) is 9.59 Å². The lowest BCUT2D eigenvalue weighted by Crippen LogP contribution is -2.31. The van der Waals surface area contributed by atoms with Crippen LogP contribution in [0.5, 0.6) is 0 Å². The number of rotatable bonds is 50. The second kappa shape index (κ2) is 53.8. The summed E-state index contributed by atoms with van der Waals surface area (Å²) in [5.74, 6) is -0.367. The zero-order chi connectivity index (χ0) is 45.8. The number of ether oxygens (including phenoxy) is 6. The zero-order valence-electron chi connectivity index (χ0n) is 41.6. The number of nitrogens with two attached hydrogens (primary N) is 1. The van der Waals surface area contributed by atoms with Gasteiger partial charge < -0.3 is 39.1 Å². The third-order valence-corrected chi connectivity index (χ3v) is 11.1. The predicted octanol–water partition coefficient (Wildman–Crippen LogP) is 13.4. The molecule has 0 spiro atoms. The van der Waals surface area contributed by atoms with Crippen LogP contribution in [0.3, 0.4) is 0 Å². The molecule has 0 saturated heterocycles. The molecule has 0 atom stereocenters. The Kier molecular flexibility index (Phi) is 54.2. The predicted molar refractivity (Wildman–Crippen MR) is 260 cm³/mol. The largest absolute Gasteiger partial charge is 0.466 e. The van der Waals surface area contributed by atoms with Gasteiger partial charge in [0.25, 0.3) is 0 Å². The van der Waals surface area contributed by atoms with Gasteiger partial charge in [-0.15, -0.1) is 13.2 Å². The van der Waals surface area contributed by atoms with Gasteiger partial charge in [-0.05, 0) is 64.5 Å². The van der Waals surface area contributed by atoms with E-state index in [1.807, 2.05) is 0 Å². The molecule has 0 radical (unpaired) electrons. The van der Waals surface area contributed by atoms with Crippen molar-refractivity contribution in [3.05, 3.63) is 13.2 Å². The Morgan fingerprint density at radius 3 is 0.968 bits per heavy atom. The fourth-order valence-corrected chi connectivity index (χ4v) is 7.20. The molecule has 0 aliphatic carbocycles. The summed E-state index contributed by atoms with van der Waals surface area (Å²) in [5, 5.41) is 0.